The quantitative estimate of drug-likeness (QED) is 0.440. The van der Waals surface area contributed by atoms with Gasteiger partial charge in [0.15, 0.2) is 11.5 Å². The van der Waals surface area contributed by atoms with Crippen LogP contribution in [0, 0.1) is 11.3 Å². The zero-order valence-corrected chi connectivity index (χ0v) is 14.2. The van der Waals surface area contributed by atoms with Gasteiger partial charge in [0.1, 0.15) is 11.6 Å². The molecule has 118 valence electrons. The number of nitrogens with zero attached hydrogens (tertiary/aromatic N) is 1. The minimum absolute atomic E-state index is 0.00935. The Hall–Kier alpha value is -2.00. The van der Waals surface area contributed by atoms with Crippen molar-refractivity contribution in [3.05, 3.63) is 27.7 Å². The van der Waals surface area contributed by atoms with Gasteiger partial charge in [0, 0.05) is 6.54 Å². The number of rotatable bonds is 7. The van der Waals surface area contributed by atoms with Crippen LogP contribution in [-0.2, 0) is 4.79 Å². The Labute approximate surface area is 138 Å². The molecule has 22 heavy (non-hydrogen) atoms. The molecule has 0 aromatic heterocycles. The maximum absolute atomic E-state index is 11.9. The van der Waals surface area contributed by atoms with E-state index >= 15 is 0 Å². The summed E-state index contributed by atoms with van der Waals surface area (Å²) in [7, 11) is 0. The van der Waals surface area contributed by atoms with Gasteiger partial charge in [-0.15, -0.1) is 0 Å². The second-order valence-electron chi connectivity index (χ2n) is 4.56. The van der Waals surface area contributed by atoms with Gasteiger partial charge in [0.05, 0.1) is 11.1 Å². The van der Waals surface area contributed by atoms with Gasteiger partial charge in [0.2, 0.25) is 0 Å². The van der Waals surface area contributed by atoms with Crippen molar-refractivity contribution in [2.24, 2.45) is 0 Å². The van der Waals surface area contributed by atoms with E-state index < -0.39 is 5.91 Å². The lowest BCUT2D eigenvalue weighted by atomic mass is 10.1. The summed E-state index contributed by atoms with van der Waals surface area (Å²) in [5.41, 5.74) is 0.603. The van der Waals surface area contributed by atoms with E-state index in [1.54, 1.807) is 19.1 Å². The molecule has 0 heterocycles. The van der Waals surface area contributed by atoms with E-state index in [9.17, 15) is 9.90 Å². The first-order valence-corrected chi connectivity index (χ1v) is 7.88. The maximum atomic E-state index is 11.9. The van der Waals surface area contributed by atoms with Crippen LogP contribution in [-0.4, -0.2) is 24.2 Å². The van der Waals surface area contributed by atoms with Crippen LogP contribution in [0.5, 0.6) is 11.5 Å². The minimum atomic E-state index is -0.405. The number of unbranched alkanes of at least 4 members (excludes halogenated alkanes) is 1. The number of phenolic OH excluding ortho intramolecular Hbond substituents is 1. The molecule has 2 N–H and O–H groups in total. The Morgan fingerprint density at radius 2 is 2.23 bits per heavy atom. The van der Waals surface area contributed by atoms with Crippen molar-refractivity contribution >= 4 is 27.9 Å². The van der Waals surface area contributed by atoms with Gasteiger partial charge in [-0.25, -0.2) is 0 Å². The van der Waals surface area contributed by atoms with Gasteiger partial charge in [-0.05, 0) is 53.0 Å². The second kappa shape index (κ2) is 9.11. The average molecular weight is 367 g/mol. The van der Waals surface area contributed by atoms with E-state index in [-0.39, 0.29) is 11.3 Å². The Morgan fingerprint density at radius 1 is 1.50 bits per heavy atom. The molecule has 0 spiro atoms. The van der Waals surface area contributed by atoms with Gasteiger partial charge < -0.3 is 15.2 Å². The molecule has 0 aliphatic carbocycles. The van der Waals surface area contributed by atoms with Crippen LogP contribution in [0.4, 0.5) is 0 Å². The molecule has 1 rings (SSSR count). The second-order valence-corrected chi connectivity index (χ2v) is 5.42. The zero-order chi connectivity index (χ0) is 16.5. The summed E-state index contributed by atoms with van der Waals surface area (Å²) in [5, 5.41) is 21.7. The smallest absolute Gasteiger partial charge is 0.261 e. The lowest BCUT2D eigenvalue weighted by Gasteiger charge is -2.09. The Bertz CT molecular complexity index is 606. The average Bonchev–Trinajstić information content (AvgIpc) is 2.50. The Balaban J connectivity index is 3.02. The number of phenols is 1. The number of halogens is 1. The predicted molar refractivity (Wildman–Crippen MR) is 88.5 cm³/mol. The topological polar surface area (TPSA) is 82.4 Å². The van der Waals surface area contributed by atoms with Crippen LogP contribution in [0.15, 0.2) is 22.2 Å². The normalized spacial score (nSPS) is 10.9. The van der Waals surface area contributed by atoms with Crippen molar-refractivity contribution in [2.45, 2.75) is 26.7 Å². The highest BCUT2D eigenvalue weighted by molar-refractivity contribution is 9.10. The number of nitriles is 1. The highest BCUT2D eigenvalue weighted by Crippen LogP contribution is 2.36. The molecule has 5 nitrogen and oxygen atoms in total. The van der Waals surface area contributed by atoms with E-state index in [2.05, 4.69) is 21.2 Å². The molecule has 0 unspecified atom stereocenters. The fourth-order valence-electron chi connectivity index (χ4n) is 1.73. The Morgan fingerprint density at radius 3 is 2.82 bits per heavy atom. The number of hydrogen-bond donors (Lipinski definition) is 2. The molecule has 0 saturated carbocycles. The molecule has 0 saturated heterocycles. The van der Waals surface area contributed by atoms with Crippen molar-refractivity contribution in [2.75, 3.05) is 13.2 Å². The zero-order valence-electron chi connectivity index (χ0n) is 12.6. The van der Waals surface area contributed by atoms with Gasteiger partial charge in [-0.2, -0.15) is 5.26 Å². The van der Waals surface area contributed by atoms with Crippen molar-refractivity contribution in [1.82, 2.24) is 5.32 Å². The Kier molecular flexibility index (Phi) is 7.47. The largest absolute Gasteiger partial charge is 0.503 e. The summed E-state index contributed by atoms with van der Waals surface area (Å²) in [6.45, 7) is 4.77. The SMILES string of the molecule is CCCCNC(=O)C(C#N)=Cc1cc(Br)c(O)c(OCC)c1. The number of benzene rings is 1. The van der Waals surface area contributed by atoms with Crippen molar-refractivity contribution in [3.8, 4) is 17.6 Å². The number of aromatic hydroxyl groups is 1. The van der Waals surface area contributed by atoms with E-state index in [1.165, 1.54) is 6.08 Å². The molecule has 0 aliphatic rings. The monoisotopic (exact) mass is 366 g/mol. The summed E-state index contributed by atoms with van der Waals surface area (Å²) in [6, 6.07) is 5.10. The fraction of sp³-hybridized carbons (Fsp3) is 0.375. The molecule has 0 bridgehead atoms. The number of carbonyl (C=O) groups excluding carboxylic acids is 1. The maximum Gasteiger partial charge on any atom is 0.261 e. The molecule has 0 aliphatic heterocycles. The van der Waals surface area contributed by atoms with Gasteiger partial charge in [0.25, 0.3) is 5.91 Å². The molecule has 1 amide bonds. The molecule has 1 aromatic rings. The summed E-state index contributed by atoms with van der Waals surface area (Å²) in [4.78, 5) is 11.9. The third-order valence-electron chi connectivity index (χ3n) is 2.84. The van der Waals surface area contributed by atoms with Crippen LogP contribution in [0.2, 0.25) is 0 Å². The lowest BCUT2D eigenvalue weighted by molar-refractivity contribution is -0.117. The van der Waals surface area contributed by atoms with Gasteiger partial charge in [-0.1, -0.05) is 13.3 Å². The first-order chi connectivity index (χ1) is 10.5. The highest BCUT2D eigenvalue weighted by atomic mass is 79.9. The van der Waals surface area contributed by atoms with Crippen LogP contribution < -0.4 is 10.1 Å². The number of carbonyl (C=O) groups is 1. The summed E-state index contributed by atoms with van der Waals surface area (Å²) in [5.74, 6) is -0.116. The van der Waals surface area contributed by atoms with Crippen molar-refractivity contribution in [1.29, 1.82) is 5.26 Å². The number of nitrogens with one attached hydrogen (secondary N) is 1. The molecule has 0 atom stereocenters. The predicted octanol–water partition coefficient (Wildman–Crippen LogP) is 3.38. The molecular formula is C16H19BrN2O3. The minimum Gasteiger partial charge on any atom is -0.503 e. The third-order valence-corrected chi connectivity index (χ3v) is 3.45. The first kappa shape index (κ1) is 18.1. The molecule has 0 radical (unpaired) electrons. The summed E-state index contributed by atoms with van der Waals surface area (Å²) < 4.78 is 5.76. The molecular weight excluding hydrogens is 348 g/mol. The van der Waals surface area contributed by atoms with Crippen LogP contribution in [0.1, 0.15) is 32.3 Å². The lowest BCUT2D eigenvalue weighted by Crippen LogP contribution is -2.25. The van der Waals surface area contributed by atoms with Gasteiger partial charge in [-0.3, -0.25) is 4.79 Å². The molecule has 6 heteroatoms. The number of hydrogen-bond acceptors (Lipinski definition) is 4. The van der Waals surface area contributed by atoms with Crippen LogP contribution in [0.25, 0.3) is 6.08 Å². The first-order valence-electron chi connectivity index (χ1n) is 7.08. The van der Waals surface area contributed by atoms with Crippen LogP contribution >= 0.6 is 15.9 Å². The fourth-order valence-corrected chi connectivity index (χ4v) is 2.19. The van der Waals surface area contributed by atoms with Crippen molar-refractivity contribution in [3.63, 3.8) is 0 Å². The van der Waals surface area contributed by atoms with E-state index in [1.807, 2.05) is 13.0 Å². The van der Waals surface area contributed by atoms with Crippen LogP contribution in [0.3, 0.4) is 0 Å². The molecule has 0 fully saturated rings. The van der Waals surface area contributed by atoms with Crippen molar-refractivity contribution < 1.29 is 14.6 Å². The van der Waals surface area contributed by atoms with E-state index in [0.717, 1.165) is 12.8 Å². The summed E-state index contributed by atoms with van der Waals surface area (Å²) in [6.07, 6.45) is 3.30. The number of ether oxygens (including phenoxy) is 1. The summed E-state index contributed by atoms with van der Waals surface area (Å²) >= 11 is 3.22. The highest BCUT2D eigenvalue weighted by Gasteiger charge is 2.12. The van der Waals surface area contributed by atoms with E-state index in [4.69, 9.17) is 10.00 Å². The van der Waals surface area contributed by atoms with Gasteiger partial charge >= 0.3 is 0 Å². The third kappa shape index (κ3) is 5.08. The number of amides is 1. The molecule has 1 aromatic carbocycles. The van der Waals surface area contributed by atoms with E-state index in [0.29, 0.717) is 28.9 Å². The standard InChI is InChI=1S/C16H19BrN2O3/c1-3-5-6-19-16(21)12(10-18)7-11-8-13(17)15(20)14(9-11)22-4-2/h7-9,20H,3-6H2,1-2H3,(H,19,21).